The van der Waals surface area contributed by atoms with Crippen molar-refractivity contribution < 1.29 is 13.2 Å². The number of primary sulfonamides is 1. The summed E-state index contributed by atoms with van der Waals surface area (Å²) in [5, 5.41) is 10.3. The second-order valence-electron chi connectivity index (χ2n) is 3.29. The highest BCUT2D eigenvalue weighted by Crippen LogP contribution is 2.11. The first kappa shape index (κ1) is 13.3. The Morgan fingerprint density at radius 2 is 1.76 bits per heavy atom. The molecule has 0 unspecified atom stereocenters. The lowest BCUT2D eigenvalue weighted by Crippen LogP contribution is -2.33. The normalized spacial score (nSPS) is 10.9. The van der Waals surface area contributed by atoms with Gasteiger partial charge in [0.05, 0.1) is 4.90 Å². The highest BCUT2D eigenvalue weighted by molar-refractivity contribution is 7.89. The van der Waals surface area contributed by atoms with Crippen LogP contribution < -0.4 is 21.5 Å². The van der Waals surface area contributed by atoms with Gasteiger partial charge in [0.1, 0.15) is 0 Å². The van der Waals surface area contributed by atoms with Gasteiger partial charge in [0.2, 0.25) is 10.0 Å². The molecule has 1 aromatic rings. The molecule has 1 rings (SSSR count). The second-order valence-corrected chi connectivity index (χ2v) is 4.85. The molecule has 0 spiro atoms. The molecule has 0 saturated carbocycles. The fraction of sp³-hybridized carbons (Fsp3) is 0.222. The number of nitrogens with one attached hydrogen (secondary N) is 2. The van der Waals surface area contributed by atoms with Crippen LogP contribution in [0.2, 0.25) is 0 Å². The predicted molar refractivity (Wildman–Crippen MR) is 63.9 cm³/mol. The topological polar surface area (TPSA) is 127 Å². The summed E-state index contributed by atoms with van der Waals surface area (Å²) in [5.74, 6) is 0. The van der Waals surface area contributed by atoms with Crippen LogP contribution in [0, 0.1) is 0 Å². The maximum Gasteiger partial charge on any atom is 0.312 e. The first-order valence-electron chi connectivity index (χ1n) is 4.79. The van der Waals surface area contributed by atoms with Gasteiger partial charge in [-0.15, -0.1) is 0 Å². The number of sulfonamides is 1. The quantitative estimate of drug-likeness (QED) is 0.526. The smallest absolute Gasteiger partial charge is 0.312 e. The Morgan fingerprint density at radius 3 is 2.24 bits per heavy atom. The minimum Gasteiger partial charge on any atom is -0.383 e. The SMILES string of the molecule is NC(=O)NCCNc1ccc(S(N)(=O)=O)cc1. The van der Waals surface area contributed by atoms with Crippen LogP contribution in [0.5, 0.6) is 0 Å². The third-order valence-electron chi connectivity index (χ3n) is 1.94. The van der Waals surface area contributed by atoms with Crippen molar-refractivity contribution in [1.29, 1.82) is 0 Å². The van der Waals surface area contributed by atoms with Crippen molar-refractivity contribution in [3.05, 3.63) is 24.3 Å². The number of carbonyl (C=O) groups excluding carboxylic acids is 1. The lowest BCUT2D eigenvalue weighted by molar-refractivity contribution is 0.249. The molecule has 0 aliphatic rings. The number of nitrogens with two attached hydrogens (primary N) is 2. The number of carbonyl (C=O) groups is 1. The molecule has 0 aromatic heterocycles. The van der Waals surface area contributed by atoms with Gasteiger partial charge in [0.25, 0.3) is 0 Å². The number of anilines is 1. The zero-order valence-electron chi connectivity index (χ0n) is 9.01. The van der Waals surface area contributed by atoms with Crippen LogP contribution in [0.4, 0.5) is 10.5 Å². The Morgan fingerprint density at radius 1 is 1.18 bits per heavy atom. The number of hydrogen-bond acceptors (Lipinski definition) is 4. The molecule has 7 nitrogen and oxygen atoms in total. The lowest BCUT2D eigenvalue weighted by atomic mass is 10.3. The fourth-order valence-electron chi connectivity index (χ4n) is 1.16. The average Bonchev–Trinajstić information content (AvgIpc) is 2.23. The monoisotopic (exact) mass is 258 g/mol. The standard InChI is InChI=1S/C9H14N4O3S/c10-9(14)13-6-5-12-7-1-3-8(4-2-7)17(11,15)16/h1-4,12H,5-6H2,(H3,10,13,14)(H2,11,15,16). The van der Waals surface area contributed by atoms with E-state index in [9.17, 15) is 13.2 Å². The van der Waals surface area contributed by atoms with E-state index in [0.29, 0.717) is 13.1 Å². The van der Waals surface area contributed by atoms with E-state index in [-0.39, 0.29) is 4.90 Å². The lowest BCUT2D eigenvalue weighted by Gasteiger charge is -2.07. The van der Waals surface area contributed by atoms with E-state index in [0.717, 1.165) is 5.69 Å². The van der Waals surface area contributed by atoms with Gasteiger partial charge >= 0.3 is 6.03 Å². The van der Waals surface area contributed by atoms with Crippen molar-refractivity contribution in [2.75, 3.05) is 18.4 Å². The zero-order chi connectivity index (χ0) is 12.9. The Kier molecular flexibility index (Phi) is 4.30. The summed E-state index contributed by atoms with van der Waals surface area (Å²) in [7, 11) is -3.66. The van der Waals surface area contributed by atoms with Gasteiger partial charge in [-0.05, 0) is 24.3 Å². The summed E-state index contributed by atoms with van der Waals surface area (Å²) >= 11 is 0. The first-order chi connectivity index (χ1) is 7.89. The van der Waals surface area contributed by atoms with Gasteiger partial charge in [-0.2, -0.15) is 0 Å². The summed E-state index contributed by atoms with van der Waals surface area (Å²) in [5.41, 5.74) is 5.61. The van der Waals surface area contributed by atoms with E-state index >= 15 is 0 Å². The number of benzene rings is 1. The molecule has 94 valence electrons. The third-order valence-corrected chi connectivity index (χ3v) is 2.87. The van der Waals surface area contributed by atoms with E-state index in [1.54, 1.807) is 12.1 Å². The fourth-order valence-corrected chi connectivity index (χ4v) is 1.67. The molecule has 0 heterocycles. The van der Waals surface area contributed by atoms with Crippen LogP contribution in [-0.2, 0) is 10.0 Å². The van der Waals surface area contributed by atoms with Crippen molar-refractivity contribution in [3.63, 3.8) is 0 Å². The molecule has 1 aromatic carbocycles. The Hall–Kier alpha value is -1.80. The van der Waals surface area contributed by atoms with Gasteiger partial charge in [0, 0.05) is 18.8 Å². The molecule has 6 N–H and O–H groups in total. The molecule has 0 aliphatic carbocycles. The van der Waals surface area contributed by atoms with Crippen molar-refractivity contribution in [2.24, 2.45) is 10.9 Å². The van der Waals surface area contributed by atoms with Crippen molar-refractivity contribution >= 4 is 21.7 Å². The molecular formula is C9H14N4O3S. The Bertz CT molecular complexity index is 483. The highest BCUT2D eigenvalue weighted by Gasteiger charge is 2.06. The number of amides is 2. The van der Waals surface area contributed by atoms with Crippen LogP contribution in [0.1, 0.15) is 0 Å². The van der Waals surface area contributed by atoms with Crippen LogP contribution in [0.25, 0.3) is 0 Å². The first-order valence-corrected chi connectivity index (χ1v) is 6.34. The minimum absolute atomic E-state index is 0.0540. The van der Waals surface area contributed by atoms with Crippen LogP contribution in [0.15, 0.2) is 29.2 Å². The molecule has 0 fully saturated rings. The Balaban J connectivity index is 2.49. The zero-order valence-corrected chi connectivity index (χ0v) is 9.83. The summed E-state index contributed by atoms with van der Waals surface area (Å²) in [6, 6.07) is 5.39. The molecule has 0 bridgehead atoms. The molecule has 0 atom stereocenters. The van der Waals surface area contributed by atoms with Crippen molar-refractivity contribution in [3.8, 4) is 0 Å². The molecule has 2 amide bonds. The molecule has 8 heteroatoms. The summed E-state index contributed by atoms with van der Waals surface area (Å²) < 4.78 is 22.0. The second kappa shape index (κ2) is 5.51. The van der Waals surface area contributed by atoms with Crippen molar-refractivity contribution in [1.82, 2.24) is 5.32 Å². The summed E-state index contributed by atoms with van der Waals surface area (Å²) in [6.45, 7) is 0.865. The van der Waals surface area contributed by atoms with E-state index in [4.69, 9.17) is 10.9 Å². The van der Waals surface area contributed by atoms with E-state index < -0.39 is 16.1 Å². The summed E-state index contributed by atoms with van der Waals surface area (Å²) in [6.07, 6.45) is 0. The van der Waals surface area contributed by atoms with E-state index in [1.807, 2.05) is 0 Å². The van der Waals surface area contributed by atoms with Crippen LogP contribution in [0.3, 0.4) is 0 Å². The maximum atomic E-state index is 11.0. The highest BCUT2D eigenvalue weighted by atomic mass is 32.2. The van der Waals surface area contributed by atoms with Crippen LogP contribution >= 0.6 is 0 Å². The predicted octanol–water partition coefficient (Wildman–Crippen LogP) is -0.586. The Labute approximate surface area is 99.2 Å². The van der Waals surface area contributed by atoms with E-state index in [1.165, 1.54) is 12.1 Å². The van der Waals surface area contributed by atoms with Crippen molar-refractivity contribution in [2.45, 2.75) is 4.90 Å². The van der Waals surface area contributed by atoms with Gasteiger partial charge < -0.3 is 16.4 Å². The number of primary amides is 1. The molecule has 0 aliphatic heterocycles. The minimum atomic E-state index is -3.66. The number of rotatable bonds is 5. The molecule has 0 radical (unpaired) electrons. The van der Waals surface area contributed by atoms with E-state index in [2.05, 4.69) is 10.6 Å². The van der Waals surface area contributed by atoms with Gasteiger partial charge in [-0.1, -0.05) is 0 Å². The molecular weight excluding hydrogens is 244 g/mol. The maximum absolute atomic E-state index is 11.0. The van der Waals surface area contributed by atoms with Gasteiger partial charge in [-0.25, -0.2) is 18.4 Å². The summed E-state index contributed by atoms with van der Waals surface area (Å²) in [4.78, 5) is 10.4. The van der Waals surface area contributed by atoms with Crippen LogP contribution in [-0.4, -0.2) is 27.5 Å². The third kappa shape index (κ3) is 4.70. The number of urea groups is 1. The molecule has 0 saturated heterocycles. The number of hydrogen-bond donors (Lipinski definition) is 4. The van der Waals surface area contributed by atoms with Gasteiger partial charge in [0.15, 0.2) is 0 Å². The average molecular weight is 258 g/mol. The molecule has 17 heavy (non-hydrogen) atoms. The van der Waals surface area contributed by atoms with Gasteiger partial charge in [-0.3, -0.25) is 0 Å². The largest absolute Gasteiger partial charge is 0.383 e.